The summed E-state index contributed by atoms with van der Waals surface area (Å²) in [5.41, 5.74) is 3.51. The van der Waals surface area contributed by atoms with E-state index in [2.05, 4.69) is 54.1 Å². The van der Waals surface area contributed by atoms with E-state index >= 15 is 0 Å². The number of benzene rings is 1. The lowest BCUT2D eigenvalue weighted by Gasteiger charge is -2.40. The fourth-order valence-corrected chi connectivity index (χ4v) is 4.98. The molecule has 2 rings (SSSR count). The van der Waals surface area contributed by atoms with Gasteiger partial charge in [-0.25, -0.2) is 0 Å². The molecule has 0 aliphatic carbocycles. The lowest BCUT2D eigenvalue weighted by atomic mass is 9.99. The first kappa shape index (κ1) is 27.4. The highest BCUT2D eigenvalue weighted by Gasteiger charge is 2.25. The number of Topliss-reactive ketones (excluding diaryl/α,β-unsaturated/α-hetero) is 2. The lowest BCUT2D eigenvalue weighted by molar-refractivity contribution is -0.120. The Balaban J connectivity index is 2.00. The number of hydrogen-bond acceptors (Lipinski definition) is 5. The van der Waals surface area contributed by atoms with Crippen molar-refractivity contribution in [3.63, 3.8) is 0 Å². The molecule has 0 radical (unpaired) electrons. The molecule has 0 saturated carbocycles. The average Bonchev–Trinajstić information content (AvgIpc) is 2.79. The number of carbonyl (C=O) groups excluding carboxylic acids is 2. The van der Waals surface area contributed by atoms with Crippen molar-refractivity contribution < 1.29 is 9.59 Å². The van der Waals surface area contributed by atoms with E-state index in [1.165, 1.54) is 56.4 Å². The summed E-state index contributed by atoms with van der Waals surface area (Å²) in [6.07, 6.45) is 8.62. The molecule has 0 amide bonds. The summed E-state index contributed by atoms with van der Waals surface area (Å²) in [4.78, 5) is 29.3. The van der Waals surface area contributed by atoms with Gasteiger partial charge in [0.2, 0.25) is 0 Å². The number of aryl methyl sites for hydroxylation is 1. The minimum Gasteiger partial charge on any atom is -0.375 e. The van der Waals surface area contributed by atoms with Crippen LogP contribution in [0, 0.1) is 6.92 Å². The van der Waals surface area contributed by atoms with Crippen LogP contribution in [-0.2, 0) is 9.59 Å². The molecule has 5 heteroatoms. The van der Waals surface area contributed by atoms with Crippen molar-refractivity contribution in [3.8, 4) is 0 Å². The molecule has 1 aliphatic rings. The Hall–Kier alpha value is -1.88. The summed E-state index contributed by atoms with van der Waals surface area (Å²) < 4.78 is 0. The standard InChI is InChI=1S/C28H47N3O2/c1-6-9-18-30(17-8-3)25-15-19-31(20-16-25)27-14-12-24(21-22(27)4)29-26(13-11-23(5)32)28(33)10-7-2/h12,14,21,25-26,29H,6-11,13,15-20H2,1-5H3. The molecule has 0 aromatic heterocycles. The molecule has 1 heterocycles. The zero-order chi connectivity index (χ0) is 24.2. The molecule has 33 heavy (non-hydrogen) atoms. The number of rotatable bonds is 15. The van der Waals surface area contributed by atoms with Gasteiger partial charge < -0.3 is 19.9 Å². The largest absolute Gasteiger partial charge is 0.375 e. The maximum Gasteiger partial charge on any atom is 0.155 e. The second kappa shape index (κ2) is 14.4. The maximum atomic E-state index is 12.6. The maximum absolute atomic E-state index is 12.6. The van der Waals surface area contributed by atoms with Gasteiger partial charge in [-0.3, -0.25) is 4.79 Å². The van der Waals surface area contributed by atoms with Gasteiger partial charge in [-0.05, 0) is 89.2 Å². The number of nitrogens with one attached hydrogen (secondary N) is 1. The Bertz CT molecular complexity index is 741. The molecular weight excluding hydrogens is 410 g/mol. The SMILES string of the molecule is CCCCN(CCC)C1CCN(c2ccc(NC(CCC(C)=O)C(=O)CCC)cc2C)CC1. The molecule has 1 aromatic rings. The molecule has 1 aromatic carbocycles. The van der Waals surface area contributed by atoms with Crippen molar-refractivity contribution in [2.75, 3.05) is 36.4 Å². The van der Waals surface area contributed by atoms with Gasteiger partial charge >= 0.3 is 0 Å². The van der Waals surface area contributed by atoms with E-state index in [-0.39, 0.29) is 17.6 Å². The molecule has 0 spiro atoms. The van der Waals surface area contributed by atoms with Crippen LogP contribution in [0.4, 0.5) is 11.4 Å². The highest BCUT2D eigenvalue weighted by Crippen LogP contribution is 2.28. The number of nitrogens with zero attached hydrogens (tertiary/aromatic N) is 2. The normalized spacial score (nSPS) is 15.6. The van der Waals surface area contributed by atoms with Crippen LogP contribution in [0.25, 0.3) is 0 Å². The topological polar surface area (TPSA) is 52.6 Å². The first-order chi connectivity index (χ1) is 15.9. The van der Waals surface area contributed by atoms with Gasteiger partial charge in [0.05, 0.1) is 6.04 Å². The number of anilines is 2. The fraction of sp³-hybridized carbons (Fsp3) is 0.714. The molecule has 1 atom stereocenters. The van der Waals surface area contributed by atoms with E-state index in [1.807, 2.05) is 6.92 Å². The molecule has 1 aliphatic heterocycles. The van der Waals surface area contributed by atoms with E-state index in [0.717, 1.165) is 25.2 Å². The Morgan fingerprint density at radius 1 is 1.06 bits per heavy atom. The second-order valence-electron chi connectivity index (χ2n) is 9.76. The van der Waals surface area contributed by atoms with Gasteiger partial charge in [-0.2, -0.15) is 0 Å². The van der Waals surface area contributed by atoms with Crippen LogP contribution >= 0.6 is 0 Å². The average molecular weight is 458 g/mol. The predicted octanol–water partition coefficient (Wildman–Crippen LogP) is 5.99. The van der Waals surface area contributed by atoms with Gasteiger partial charge in [0, 0.05) is 43.3 Å². The summed E-state index contributed by atoms with van der Waals surface area (Å²) in [5, 5.41) is 3.42. The van der Waals surface area contributed by atoms with E-state index in [4.69, 9.17) is 0 Å². The summed E-state index contributed by atoms with van der Waals surface area (Å²) >= 11 is 0. The van der Waals surface area contributed by atoms with Crippen LogP contribution in [0.2, 0.25) is 0 Å². The number of hydrogen-bond donors (Lipinski definition) is 1. The highest BCUT2D eigenvalue weighted by molar-refractivity contribution is 5.87. The number of piperidine rings is 1. The minimum absolute atomic E-state index is 0.133. The van der Waals surface area contributed by atoms with Gasteiger partial charge in [0.25, 0.3) is 0 Å². The summed E-state index contributed by atoms with van der Waals surface area (Å²) in [7, 11) is 0. The Kier molecular flexibility index (Phi) is 11.9. The molecule has 1 fully saturated rings. The van der Waals surface area contributed by atoms with Crippen molar-refractivity contribution in [1.82, 2.24) is 4.90 Å². The van der Waals surface area contributed by atoms with Crippen LogP contribution in [0.3, 0.4) is 0 Å². The van der Waals surface area contributed by atoms with Crippen LogP contribution in [0.5, 0.6) is 0 Å². The van der Waals surface area contributed by atoms with Crippen molar-refractivity contribution >= 4 is 22.9 Å². The van der Waals surface area contributed by atoms with Gasteiger partial charge in [-0.15, -0.1) is 0 Å². The molecule has 0 bridgehead atoms. The third-order valence-electron chi connectivity index (χ3n) is 6.84. The van der Waals surface area contributed by atoms with Crippen LogP contribution in [0.15, 0.2) is 18.2 Å². The molecule has 1 unspecified atom stereocenters. The summed E-state index contributed by atoms with van der Waals surface area (Å²) in [6.45, 7) is 15.0. The number of carbonyl (C=O) groups is 2. The zero-order valence-electron chi connectivity index (χ0n) is 21.8. The molecule has 186 valence electrons. The molecular formula is C28H47N3O2. The smallest absolute Gasteiger partial charge is 0.155 e. The lowest BCUT2D eigenvalue weighted by Crippen LogP contribution is -2.45. The molecule has 1 N–H and O–H groups in total. The van der Waals surface area contributed by atoms with Gasteiger partial charge in [0.1, 0.15) is 5.78 Å². The van der Waals surface area contributed by atoms with E-state index < -0.39 is 0 Å². The van der Waals surface area contributed by atoms with Gasteiger partial charge in [-0.1, -0.05) is 27.2 Å². The monoisotopic (exact) mass is 457 g/mol. The quantitative estimate of drug-likeness (QED) is 0.350. The van der Waals surface area contributed by atoms with Crippen molar-refractivity contribution in [1.29, 1.82) is 0 Å². The Labute approximate surface area is 202 Å². The highest BCUT2D eigenvalue weighted by atomic mass is 16.1. The third-order valence-corrected chi connectivity index (χ3v) is 6.84. The first-order valence-electron chi connectivity index (χ1n) is 13.3. The molecule has 5 nitrogen and oxygen atoms in total. The number of ketones is 2. The third kappa shape index (κ3) is 8.77. The summed E-state index contributed by atoms with van der Waals surface area (Å²) in [6, 6.07) is 6.87. The van der Waals surface area contributed by atoms with E-state index in [1.54, 1.807) is 6.92 Å². The van der Waals surface area contributed by atoms with Gasteiger partial charge in [0.15, 0.2) is 5.78 Å². The first-order valence-corrected chi connectivity index (χ1v) is 13.3. The second-order valence-corrected chi connectivity index (χ2v) is 9.76. The summed E-state index contributed by atoms with van der Waals surface area (Å²) in [5.74, 6) is 0.329. The Morgan fingerprint density at radius 2 is 1.79 bits per heavy atom. The minimum atomic E-state index is -0.289. The predicted molar refractivity (Wildman–Crippen MR) is 140 cm³/mol. The van der Waals surface area contributed by atoms with Crippen molar-refractivity contribution in [2.45, 2.75) is 104 Å². The van der Waals surface area contributed by atoms with Crippen LogP contribution < -0.4 is 10.2 Å². The Morgan fingerprint density at radius 3 is 2.36 bits per heavy atom. The van der Waals surface area contributed by atoms with Crippen LogP contribution in [0.1, 0.15) is 91.0 Å². The molecule has 1 saturated heterocycles. The van der Waals surface area contributed by atoms with Crippen LogP contribution in [-0.4, -0.2) is 54.7 Å². The van der Waals surface area contributed by atoms with Crippen molar-refractivity contribution in [2.24, 2.45) is 0 Å². The fourth-order valence-electron chi connectivity index (χ4n) is 4.98. The van der Waals surface area contributed by atoms with E-state index in [0.29, 0.717) is 25.3 Å². The zero-order valence-corrected chi connectivity index (χ0v) is 21.8. The van der Waals surface area contributed by atoms with Crippen molar-refractivity contribution in [3.05, 3.63) is 23.8 Å². The van der Waals surface area contributed by atoms with E-state index in [9.17, 15) is 9.59 Å². The number of unbranched alkanes of at least 4 members (excludes halogenated alkanes) is 1.